The molecule has 1 fully saturated rings. The van der Waals surface area contributed by atoms with Crippen molar-refractivity contribution in [1.29, 1.82) is 0 Å². The van der Waals surface area contributed by atoms with E-state index < -0.39 is 0 Å². The molecule has 6 rings (SSSR count). The predicted molar refractivity (Wildman–Crippen MR) is 317 cm³/mol. The molecule has 0 saturated heterocycles. The highest BCUT2D eigenvalue weighted by molar-refractivity contribution is 5.52. The summed E-state index contributed by atoms with van der Waals surface area (Å²) in [4.78, 5) is 15.1. The predicted octanol–water partition coefficient (Wildman–Crippen LogP) is 16.9. The van der Waals surface area contributed by atoms with Crippen molar-refractivity contribution in [3.63, 3.8) is 0 Å². The molecule has 0 aromatic heterocycles. The van der Waals surface area contributed by atoms with Gasteiger partial charge in [-0.1, -0.05) is 146 Å². The molecule has 7 heteroatoms. The molecular weight excluding hydrogens is 897 g/mol. The van der Waals surface area contributed by atoms with E-state index >= 15 is 0 Å². The number of hydroxylamine groups is 2. The minimum atomic E-state index is 0. The van der Waals surface area contributed by atoms with Gasteiger partial charge in [0, 0.05) is 60.9 Å². The van der Waals surface area contributed by atoms with Crippen LogP contribution >= 0.6 is 0 Å². The molecule has 73 heavy (non-hydrogen) atoms. The number of hydrogen-bond donors (Lipinski definition) is 0. The summed E-state index contributed by atoms with van der Waals surface area (Å²) in [5, 5.41) is 2.32. The summed E-state index contributed by atoms with van der Waals surface area (Å²) in [5.74, 6) is 1.83. The van der Waals surface area contributed by atoms with Gasteiger partial charge in [0.15, 0.2) is 0 Å². The van der Waals surface area contributed by atoms with E-state index in [1.54, 1.807) is 11.4 Å². The van der Waals surface area contributed by atoms with Gasteiger partial charge >= 0.3 is 0 Å². The van der Waals surface area contributed by atoms with Gasteiger partial charge in [-0.3, -0.25) is 4.84 Å². The molecule has 1 heterocycles. The van der Waals surface area contributed by atoms with Crippen molar-refractivity contribution >= 4 is 0 Å². The van der Waals surface area contributed by atoms with Gasteiger partial charge in [-0.05, 0) is 190 Å². The Labute approximate surface area is 449 Å². The van der Waals surface area contributed by atoms with Crippen molar-refractivity contribution in [1.82, 2.24) is 19.8 Å². The second-order valence-corrected chi connectivity index (χ2v) is 22.9. The van der Waals surface area contributed by atoms with Crippen LogP contribution in [-0.4, -0.2) is 76.1 Å². The Morgan fingerprint density at radius 2 is 1.59 bits per heavy atom. The van der Waals surface area contributed by atoms with Crippen LogP contribution in [0.2, 0.25) is 0 Å². The van der Waals surface area contributed by atoms with Crippen molar-refractivity contribution in [3.8, 4) is 0 Å². The zero-order valence-corrected chi connectivity index (χ0v) is 49.0. The monoisotopic (exact) mass is 1010 g/mol. The fourth-order valence-corrected chi connectivity index (χ4v) is 12.3. The molecule has 7 nitrogen and oxygen atoms in total. The van der Waals surface area contributed by atoms with Crippen molar-refractivity contribution in [2.75, 3.05) is 27.2 Å². The molecule has 6 aliphatic rings. The van der Waals surface area contributed by atoms with Gasteiger partial charge in [-0.15, -0.1) is 0 Å². The molecule has 3 unspecified atom stereocenters. The minimum Gasteiger partial charge on any atom is -0.412 e. The largest absolute Gasteiger partial charge is 0.412 e. The maximum absolute atomic E-state index is 6.98. The fourth-order valence-electron chi connectivity index (χ4n) is 12.3. The van der Waals surface area contributed by atoms with Crippen LogP contribution in [0.15, 0.2) is 129 Å². The van der Waals surface area contributed by atoms with E-state index in [9.17, 15) is 0 Å². The van der Waals surface area contributed by atoms with Crippen LogP contribution in [0.25, 0.3) is 0 Å². The van der Waals surface area contributed by atoms with Gasteiger partial charge < -0.3 is 25.7 Å². The molecule has 5 aliphatic carbocycles. The van der Waals surface area contributed by atoms with Crippen LogP contribution in [-0.2, 0) is 4.84 Å². The first-order chi connectivity index (χ1) is 34.4. The summed E-state index contributed by atoms with van der Waals surface area (Å²) in [7, 11) is 4.56. The number of rotatable bonds is 23. The van der Waals surface area contributed by atoms with E-state index in [2.05, 4.69) is 176 Å². The molecule has 0 aromatic rings. The van der Waals surface area contributed by atoms with Crippen molar-refractivity contribution in [2.45, 2.75) is 241 Å². The molecule has 4 N–H and O–H groups in total. The van der Waals surface area contributed by atoms with Crippen LogP contribution in [0, 0.1) is 17.8 Å². The SMILES string of the molecule is C/C=C\CCCCC.CC[C@@H](CCC/C(=C1\CN(OCC2C=CC=CCC2)C(C2=CC=C(N(C3=CCC=CCC3)C3CCCCCC3)CC2)=C1C)N(C)C)N(C1=C(C)C=C(C)CC1)C(C)CC(C)C(C)C.O.O. The Hall–Kier alpha value is -3.78. The van der Waals surface area contributed by atoms with Crippen molar-refractivity contribution < 1.29 is 15.8 Å². The Morgan fingerprint density at radius 3 is 2.25 bits per heavy atom. The third-order valence-corrected chi connectivity index (χ3v) is 16.8. The molecule has 0 radical (unpaired) electrons. The zero-order chi connectivity index (χ0) is 51.1. The third-order valence-electron chi connectivity index (χ3n) is 16.8. The first kappa shape index (κ1) is 63.5. The second-order valence-electron chi connectivity index (χ2n) is 22.9. The summed E-state index contributed by atoms with van der Waals surface area (Å²) in [6, 6.07) is 1.69. The van der Waals surface area contributed by atoms with Crippen LogP contribution in [0.1, 0.15) is 223 Å². The Morgan fingerprint density at radius 1 is 0.822 bits per heavy atom. The molecule has 412 valence electrons. The van der Waals surface area contributed by atoms with E-state index in [0.717, 1.165) is 64.5 Å². The maximum atomic E-state index is 6.98. The third kappa shape index (κ3) is 19.4. The van der Waals surface area contributed by atoms with Gasteiger partial charge in [-0.25, -0.2) is 5.06 Å². The Kier molecular flexibility index (Phi) is 29.6. The van der Waals surface area contributed by atoms with Crippen molar-refractivity contribution in [3.05, 3.63) is 129 Å². The number of nitrogens with zero attached hydrogens (tertiary/aromatic N) is 4. The minimum absolute atomic E-state index is 0. The summed E-state index contributed by atoms with van der Waals surface area (Å²) in [6.07, 6.45) is 57.7. The standard InChI is InChI=1S/C58H90N4O.C8H16.2H2O/c1-11-51(61(47(7)40-45(5)43(2)3)56-38-33-44(4)39-46(56)6)31-24-32-57(59(9)10)55-41-60(63-42-49-25-18-12-13-19-26-49)58(48(55)8)50-34-36-54(37-35-50)62(52-27-20-14-15-21-28-52)53-29-22-16-17-23-30-53;1-3-5-7-8-6-4-2;;/h12-15,18,25,27,34,36,39,43,45,47,49,51,53H,11,16-17,19-24,26,28-33,35,37-38,40-42H2,1-10H3;3,5H,4,6-8H2,1-2H3;2*1H2/b57-55-;5-3-;;/t45?,47?,49?,51-;;;/m0.../s1. The van der Waals surface area contributed by atoms with Gasteiger partial charge in [0.25, 0.3) is 0 Å². The molecule has 0 amide bonds. The summed E-state index contributed by atoms with van der Waals surface area (Å²) in [6.45, 7) is 25.1. The molecule has 0 bridgehead atoms. The first-order valence-electron chi connectivity index (χ1n) is 29.5. The quantitative estimate of drug-likeness (QED) is 0.0578. The van der Waals surface area contributed by atoms with Crippen LogP contribution < -0.4 is 0 Å². The van der Waals surface area contributed by atoms with Crippen molar-refractivity contribution in [2.24, 2.45) is 17.8 Å². The molecule has 0 aromatic carbocycles. The van der Waals surface area contributed by atoms with E-state index in [1.165, 1.54) is 148 Å². The molecule has 1 saturated carbocycles. The molecule has 0 spiro atoms. The lowest BCUT2D eigenvalue weighted by Crippen LogP contribution is -2.43. The lowest BCUT2D eigenvalue weighted by molar-refractivity contribution is -0.127. The molecule has 1 aliphatic heterocycles. The normalized spacial score (nSPS) is 21.7. The average Bonchev–Trinajstić information content (AvgIpc) is 3.76. The lowest BCUT2D eigenvalue weighted by Gasteiger charge is -2.43. The van der Waals surface area contributed by atoms with E-state index in [0.29, 0.717) is 35.9 Å². The fraction of sp³-hybridized carbons (Fsp3) is 0.667. The van der Waals surface area contributed by atoms with Gasteiger partial charge in [-0.2, -0.15) is 0 Å². The number of hydrogen-bond acceptors (Lipinski definition) is 5. The highest BCUT2D eigenvalue weighted by Gasteiger charge is 2.34. The molecular formula is C66H110N4O3. The van der Waals surface area contributed by atoms with Crippen LogP contribution in [0.5, 0.6) is 0 Å². The lowest BCUT2D eigenvalue weighted by atomic mass is 9.88. The van der Waals surface area contributed by atoms with Gasteiger partial charge in [0.05, 0.1) is 18.8 Å². The topological polar surface area (TPSA) is 85.2 Å². The highest BCUT2D eigenvalue weighted by atomic mass is 16.7. The van der Waals surface area contributed by atoms with E-state index in [4.69, 9.17) is 4.84 Å². The van der Waals surface area contributed by atoms with Crippen LogP contribution in [0.3, 0.4) is 0 Å². The van der Waals surface area contributed by atoms with E-state index in [-0.39, 0.29) is 11.0 Å². The number of allylic oxidation sites excluding steroid dienone is 18. The average molecular weight is 1010 g/mol. The summed E-state index contributed by atoms with van der Waals surface area (Å²) in [5.41, 5.74) is 14.8. The first-order valence-corrected chi connectivity index (χ1v) is 29.5. The van der Waals surface area contributed by atoms with Gasteiger partial charge in [0.2, 0.25) is 0 Å². The second kappa shape index (κ2) is 34.0. The zero-order valence-electron chi connectivity index (χ0n) is 49.0. The van der Waals surface area contributed by atoms with Crippen LogP contribution in [0.4, 0.5) is 0 Å². The summed E-state index contributed by atoms with van der Waals surface area (Å²) >= 11 is 0. The highest BCUT2D eigenvalue weighted by Crippen LogP contribution is 2.42. The maximum Gasteiger partial charge on any atom is 0.0811 e. The number of unbranched alkanes of at least 4 members (excludes halogenated alkanes) is 3. The van der Waals surface area contributed by atoms with E-state index in [1.807, 2.05) is 0 Å². The summed E-state index contributed by atoms with van der Waals surface area (Å²) < 4.78 is 0. The van der Waals surface area contributed by atoms with Gasteiger partial charge in [0.1, 0.15) is 0 Å². The Bertz CT molecular complexity index is 1990. The smallest absolute Gasteiger partial charge is 0.0811 e. The Balaban J connectivity index is 0.00000130. The molecule has 4 atom stereocenters.